The summed E-state index contributed by atoms with van der Waals surface area (Å²) in [5, 5.41) is 3.21. The van der Waals surface area contributed by atoms with E-state index in [-0.39, 0.29) is 11.8 Å². The van der Waals surface area contributed by atoms with Gasteiger partial charge in [0.05, 0.1) is 0 Å². The molecule has 3 aliphatic rings. The molecule has 22 heavy (non-hydrogen) atoms. The number of nitrogens with zero attached hydrogens (tertiary/aromatic N) is 1. The van der Waals surface area contributed by atoms with Gasteiger partial charge in [0.15, 0.2) is 0 Å². The van der Waals surface area contributed by atoms with Crippen molar-refractivity contribution >= 4 is 17.5 Å². The lowest BCUT2D eigenvalue weighted by Crippen LogP contribution is -2.38. The molecule has 0 unspecified atom stereocenters. The van der Waals surface area contributed by atoms with Crippen LogP contribution in [0.25, 0.3) is 0 Å². The van der Waals surface area contributed by atoms with Crippen molar-refractivity contribution in [2.75, 3.05) is 11.4 Å². The first-order valence-electron chi connectivity index (χ1n) is 8.42. The highest BCUT2D eigenvalue weighted by Crippen LogP contribution is 2.44. The quantitative estimate of drug-likeness (QED) is 0.933. The fraction of sp³-hybridized carbons (Fsp3) is 0.556. The fourth-order valence-electron chi connectivity index (χ4n) is 4.41. The molecule has 2 saturated carbocycles. The summed E-state index contributed by atoms with van der Waals surface area (Å²) >= 11 is 0. The average Bonchev–Trinajstić information content (AvgIpc) is 3.24. The Morgan fingerprint density at radius 3 is 2.82 bits per heavy atom. The number of hydrogen-bond donors (Lipinski definition) is 1. The van der Waals surface area contributed by atoms with Gasteiger partial charge >= 0.3 is 0 Å². The van der Waals surface area contributed by atoms with E-state index in [9.17, 15) is 9.59 Å². The van der Waals surface area contributed by atoms with Crippen molar-refractivity contribution in [2.24, 2.45) is 11.8 Å². The minimum absolute atomic E-state index is 0.00560. The molecule has 0 radical (unpaired) electrons. The lowest BCUT2D eigenvalue weighted by Gasteiger charge is -2.23. The zero-order chi connectivity index (χ0) is 15.1. The van der Waals surface area contributed by atoms with Crippen LogP contribution in [0.1, 0.15) is 48.9 Å². The molecule has 0 aromatic heterocycles. The largest absolute Gasteiger partial charge is 0.349 e. The van der Waals surface area contributed by atoms with Crippen LogP contribution in [-0.2, 0) is 4.79 Å². The average molecular weight is 298 g/mol. The molecule has 4 rings (SSSR count). The lowest BCUT2D eigenvalue weighted by atomic mass is 9.95. The van der Waals surface area contributed by atoms with E-state index in [2.05, 4.69) is 5.32 Å². The Bertz CT molecular complexity index is 613. The Morgan fingerprint density at radius 2 is 2.14 bits per heavy atom. The summed E-state index contributed by atoms with van der Waals surface area (Å²) in [6.07, 6.45) is 6.54. The van der Waals surface area contributed by atoms with Gasteiger partial charge in [-0.25, -0.2) is 0 Å². The Kier molecular flexibility index (Phi) is 3.40. The van der Waals surface area contributed by atoms with Crippen molar-refractivity contribution in [3.8, 4) is 0 Å². The lowest BCUT2D eigenvalue weighted by molar-refractivity contribution is -0.117. The van der Waals surface area contributed by atoms with Gasteiger partial charge in [0.2, 0.25) is 5.91 Å². The van der Waals surface area contributed by atoms with Crippen molar-refractivity contribution in [3.63, 3.8) is 0 Å². The predicted molar refractivity (Wildman–Crippen MR) is 84.7 cm³/mol. The van der Waals surface area contributed by atoms with E-state index >= 15 is 0 Å². The first-order valence-corrected chi connectivity index (χ1v) is 8.42. The summed E-state index contributed by atoms with van der Waals surface area (Å²) in [4.78, 5) is 26.1. The Hall–Kier alpha value is -1.84. The Morgan fingerprint density at radius 1 is 1.23 bits per heavy atom. The molecule has 2 bridgehead atoms. The van der Waals surface area contributed by atoms with Gasteiger partial charge in [0.1, 0.15) is 0 Å². The topological polar surface area (TPSA) is 49.4 Å². The van der Waals surface area contributed by atoms with Crippen molar-refractivity contribution in [1.29, 1.82) is 0 Å². The van der Waals surface area contributed by atoms with Gasteiger partial charge in [-0.15, -0.1) is 0 Å². The van der Waals surface area contributed by atoms with Crippen LogP contribution in [0, 0.1) is 11.8 Å². The maximum absolute atomic E-state index is 12.5. The highest BCUT2D eigenvalue weighted by atomic mass is 16.2. The van der Waals surface area contributed by atoms with E-state index in [0.29, 0.717) is 23.9 Å². The summed E-state index contributed by atoms with van der Waals surface area (Å²) in [6, 6.07) is 7.83. The van der Waals surface area contributed by atoms with Gasteiger partial charge in [-0.05, 0) is 55.7 Å². The van der Waals surface area contributed by atoms with Crippen LogP contribution in [-0.4, -0.2) is 24.4 Å². The van der Waals surface area contributed by atoms with Gasteiger partial charge in [-0.2, -0.15) is 0 Å². The molecule has 116 valence electrons. The van der Waals surface area contributed by atoms with Crippen molar-refractivity contribution in [3.05, 3.63) is 29.8 Å². The number of anilines is 1. The van der Waals surface area contributed by atoms with Gasteiger partial charge in [-0.1, -0.05) is 12.5 Å². The zero-order valence-corrected chi connectivity index (χ0v) is 12.8. The monoisotopic (exact) mass is 298 g/mol. The predicted octanol–water partition coefficient (Wildman–Crippen LogP) is 2.73. The van der Waals surface area contributed by atoms with Crippen LogP contribution < -0.4 is 10.2 Å². The van der Waals surface area contributed by atoms with E-state index in [4.69, 9.17) is 0 Å². The van der Waals surface area contributed by atoms with Crippen LogP contribution in [0.15, 0.2) is 24.3 Å². The van der Waals surface area contributed by atoms with Crippen LogP contribution in [0.4, 0.5) is 5.69 Å². The molecule has 4 heteroatoms. The van der Waals surface area contributed by atoms with Gasteiger partial charge < -0.3 is 10.2 Å². The number of nitrogens with one attached hydrogen (secondary N) is 1. The third-order valence-corrected chi connectivity index (χ3v) is 5.55. The summed E-state index contributed by atoms with van der Waals surface area (Å²) < 4.78 is 0. The standard InChI is InChI=1S/C18H22N2O2/c21-17-5-2-8-20(17)15-4-1-3-14(11-15)18(22)19-16-10-12-6-7-13(16)9-12/h1,3-4,11-13,16H,2,5-10H2,(H,19,22)/t12-,13-,16+/m0/s1. The summed E-state index contributed by atoms with van der Waals surface area (Å²) in [5.41, 5.74) is 1.52. The summed E-state index contributed by atoms with van der Waals surface area (Å²) in [5.74, 6) is 1.66. The smallest absolute Gasteiger partial charge is 0.251 e. The highest BCUT2D eigenvalue weighted by Gasteiger charge is 2.40. The van der Waals surface area contributed by atoms with Gasteiger partial charge in [0.25, 0.3) is 5.91 Å². The molecule has 2 amide bonds. The van der Waals surface area contributed by atoms with Crippen LogP contribution in [0.5, 0.6) is 0 Å². The second-order valence-electron chi connectivity index (χ2n) is 6.95. The second kappa shape index (κ2) is 5.41. The maximum atomic E-state index is 12.5. The number of carbonyl (C=O) groups excluding carboxylic acids is 2. The minimum atomic E-state index is 0.00560. The maximum Gasteiger partial charge on any atom is 0.251 e. The molecule has 3 fully saturated rings. The third kappa shape index (κ3) is 2.40. The minimum Gasteiger partial charge on any atom is -0.349 e. The number of rotatable bonds is 3. The molecule has 1 aromatic rings. The first kappa shape index (κ1) is 13.8. The van der Waals surface area contributed by atoms with Gasteiger partial charge in [0, 0.05) is 30.3 Å². The Labute approximate surface area is 130 Å². The van der Waals surface area contributed by atoms with E-state index in [1.807, 2.05) is 24.3 Å². The molecule has 3 atom stereocenters. The molecule has 4 nitrogen and oxygen atoms in total. The van der Waals surface area contributed by atoms with Crippen molar-refractivity contribution < 1.29 is 9.59 Å². The number of amides is 2. The van der Waals surface area contributed by atoms with Crippen LogP contribution in [0.3, 0.4) is 0 Å². The normalized spacial score (nSPS) is 30.1. The van der Waals surface area contributed by atoms with Gasteiger partial charge in [-0.3, -0.25) is 9.59 Å². The van der Waals surface area contributed by atoms with E-state index < -0.39 is 0 Å². The highest BCUT2D eigenvalue weighted by molar-refractivity contribution is 5.99. The first-order chi connectivity index (χ1) is 10.7. The molecule has 2 aliphatic carbocycles. The third-order valence-electron chi connectivity index (χ3n) is 5.55. The summed E-state index contributed by atoms with van der Waals surface area (Å²) in [6.45, 7) is 0.760. The van der Waals surface area contributed by atoms with E-state index in [1.54, 1.807) is 4.90 Å². The molecule has 1 aromatic carbocycles. The molecule has 1 heterocycles. The van der Waals surface area contributed by atoms with E-state index in [0.717, 1.165) is 31.0 Å². The summed E-state index contributed by atoms with van der Waals surface area (Å²) in [7, 11) is 0. The number of benzene rings is 1. The second-order valence-corrected chi connectivity index (χ2v) is 6.95. The number of hydrogen-bond acceptors (Lipinski definition) is 2. The van der Waals surface area contributed by atoms with Crippen LogP contribution in [0.2, 0.25) is 0 Å². The number of fused-ring (bicyclic) bond motifs is 2. The molecule has 0 spiro atoms. The molecule has 1 saturated heterocycles. The fourth-order valence-corrected chi connectivity index (χ4v) is 4.41. The molecule has 1 N–H and O–H groups in total. The molecular weight excluding hydrogens is 276 g/mol. The SMILES string of the molecule is O=C(N[C@@H]1C[C@H]2CC[C@H]1C2)c1cccc(N2CCCC2=O)c1. The Balaban J connectivity index is 1.47. The molecular formula is C18H22N2O2. The van der Waals surface area contributed by atoms with Crippen molar-refractivity contribution in [2.45, 2.75) is 44.6 Å². The van der Waals surface area contributed by atoms with E-state index in [1.165, 1.54) is 19.3 Å². The zero-order valence-electron chi connectivity index (χ0n) is 12.8. The van der Waals surface area contributed by atoms with Crippen LogP contribution >= 0.6 is 0 Å². The molecule has 1 aliphatic heterocycles. The number of carbonyl (C=O) groups is 2. The van der Waals surface area contributed by atoms with Crippen molar-refractivity contribution in [1.82, 2.24) is 5.32 Å².